The number of hydrogen-bond donors (Lipinski definition) is 2. The summed E-state index contributed by atoms with van der Waals surface area (Å²) in [4.78, 5) is 26.1. The summed E-state index contributed by atoms with van der Waals surface area (Å²) in [5.41, 5.74) is 6.48. The highest BCUT2D eigenvalue weighted by atomic mass is 35.5. The molecule has 2 rings (SSSR count). The number of nitrogens with one attached hydrogen (secondary N) is 1. The van der Waals surface area contributed by atoms with Crippen LogP contribution in [-0.4, -0.2) is 56.7 Å². The smallest absolute Gasteiger partial charge is 0.320 e. The third-order valence-electron chi connectivity index (χ3n) is 4.48. The first-order chi connectivity index (χ1) is 12.4. The molecule has 0 atom stereocenters. The van der Waals surface area contributed by atoms with Crippen LogP contribution in [0.25, 0.3) is 0 Å². The number of nitrogens with zero attached hydrogens (tertiary/aromatic N) is 1. The van der Waals surface area contributed by atoms with Gasteiger partial charge in [0.05, 0.1) is 36.5 Å². The Hall–Kier alpha value is -1.99. The van der Waals surface area contributed by atoms with Crippen LogP contribution >= 0.6 is 11.6 Å². The van der Waals surface area contributed by atoms with E-state index in [0.717, 1.165) is 25.9 Å². The number of amides is 1. The number of rotatable bonds is 7. The Morgan fingerprint density at radius 2 is 2.04 bits per heavy atom. The molecule has 1 aromatic rings. The Labute approximate surface area is 158 Å². The minimum Gasteiger partial charge on any atom is -0.496 e. The van der Waals surface area contributed by atoms with Gasteiger partial charge in [0.2, 0.25) is 0 Å². The van der Waals surface area contributed by atoms with E-state index >= 15 is 0 Å². The fourth-order valence-corrected chi connectivity index (χ4v) is 3.15. The predicted octanol–water partition coefficient (Wildman–Crippen LogP) is 1.94. The van der Waals surface area contributed by atoms with Gasteiger partial charge in [-0.25, -0.2) is 0 Å². The number of methoxy groups -OCH3 is 1. The number of nitrogens with two attached hydrogens (primary N) is 1. The number of piperidine rings is 1. The van der Waals surface area contributed by atoms with Crippen molar-refractivity contribution in [3.05, 3.63) is 22.7 Å². The van der Waals surface area contributed by atoms with Crippen LogP contribution in [0.3, 0.4) is 0 Å². The molecule has 1 aliphatic rings. The summed E-state index contributed by atoms with van der Waals surface area (Å²) in [5, 5.41) is 3.26. The zero-order valence-electron chi connectivity index (χ0n) is 15.2. The number of likely N-dealkylation sites (tertiary alicyclic amines) is 1. The molecule has 8 heteroatoms. The fraction of sp³-hybridized carbons (Fsp3) is 0.556. The highest BCUT2D eigenvalue weighted by Crippen LogP contribution is 2.28. The minimum atomic E-state index is -0.238. The van der Waals surface area contributed by atoms with E-state index in [1.54, 1.807) is 13.0 Å². The first-order valence-corrected chi connectivity index (χ1v) is 9.11. The summed E-state index contributed by atoms with van der Waals surface area (Å²) in [6.07, 6.45) is 1.83. The number of hydrogen-bond acceptors (Lipinski definition) is 6. The largest absolute Gasteiger partial charge is 0.496 e. The van der Waals surface area contributed by atoms with Crippen molar-refractivity contribution >= 4 is 29.2 Å². The van der Waals surface area contributed by atoms with Crippen LogP contribution in [0.5, 0.6) is 5.75 Å². The number of anilines is 1. The van der Waals surface area contributed by atoms with E-state index in [1.165, 1.54) is 13.2 Å². The Morgan fingerprint density at radius 1 is 1.35 bits per heavy atom. The van der Waals surface area contributed by atoms with Crippen LogP contribution in [0.15, 0.2) is 12.1 Å². The van der Waals surface area contributed by atoms with Gasteiger partial charge in [-0.2, -0.15) is 0 Å². The number of halogens is 1. The minimum absolute atomic E-state index is 0.188. The van der Waals surface area contributed by atoms with Crippen molar-refractivity contribution in [1.29, 1.82) is 0 Å². The van der Waals surface area contributed by atoms with Crippen molar-refractivity contribution in [3.63, 3.8) is 0 Å². The van der Waals surface area contributed by atoms with E-state index in [1.807, 2.05) is 0 Å². The normalized spacial score (nSPS) is 15.5. The van der Waals surface area contributed by atoms with E-state index in [0.29, 0.717) is 47.6 Å². The third-order valence-corrected chi connectivity index (χ3v) is 4.81. The van der Waals surface area contributed by atoms with Crippen LogP contribution in [-0.2, 0) is 9.53 Å². The Bertz CT molecular complexity index is 646. The first kappa shape index (κ1) is 20.3. The molecule has 144 valence electrons. The molecule has 0 unspecified atom stereocenters. The highest BCUT2D eigenvalue weighted by molar-refractivity contribution is 6.33. The summed E-state index contributed by atoms with van der Waals surface area (Å²) in [7, 11) is 1.48. The van der Waals surface area contributed by atoms with Gasteiger partial charge in [-0.05, 0) is 44.8 Å². The molecule has 0 spiro atoms. The van der Waals surface area contributed by atoms with Crippen LogP contribution < -0.4 is 15.8 Å². The molecule has 0 bridgehead atoms. The van der Waals surface area contributed by atoms with Crippen molar-refractivity contribution < 1.29 is 19.1 Å². The van der Waals surface area contributed by atoms with Gasteiger partial charge in [0.15, 0.2) is 0 Å². The molecule has 1 fully saturated rings. The molecular formula is C18H26ClN3O4. The zero-order valence-corrected chi connectivity index (χ0v) is 16.0. The number of carbonyl (C=O) groups is 2. The third kappa shape index (κ3) is 5.51. The molecule has 3 N–H and O–H groups in total. The van der Waals surface area contributed by atoms with Gasteiger partial charge in [-0.3, -0.25) is 14.5 Å². The van der Waals surface area contributed by atoms with Crippen molar-refractivity contribution in [3.8, 4) is 5.75 Å². The Kier molecular flexibility index (Phi) is 7.53. The number of ether oxygens (including phenoxy) is 2. The van der Waals surface area contributed by atoms with Crippen LogP contribution in [0.2, 0.25) is 5.02 Å². The Balaban J connectivity index is 1.82. The lowest BCUT2D eigenvalue weighted by molar-refractivity contribution is -0.144. The van der Waals surface area contributed by atoms with Crippen LogP contribution in [0.4, 0.5) is 5.69 Å². The summed E-state index contributed by atoms with van der Waals surface area (Å²) in [5.74, 6) is 0.339. The highest BCUT2D eigenvalue weighted by Gasteiger charge is 2.22. The maximum absolute atomic E-state index is 12.5. The maximum Gasteiger partial charge on any atom is 0.320 e. The fourth-order valence-electron chi connectivity index (χ4n) is 2.99. The molecule has 26 heavy (non-hydrogen) atoms. The summed E-state index contributed by atoms with van der Waals surface area (Å²) < 4.78 is 10.2. The van der Waals surface area contributed by atoms with Crippen molar-refractivity contribution in [2.75, 3.05) is 45.6 Å². The SMILES string of the molecule is CCOC(=O)CN1CCC(CNC(=O)c2cc(Cl)c(N)cc2OC)CC1. The molecule has 1 amide bonds. The molecule has 0 aromatic heterocycles. The topological polar surface area (TPSA) is 93.9 Å². The summed E-state index contributed by atoms with van der Waals surface area (Å²) >= 11 is 6.01. The lowest BCUT2D eigenvalue weighted by atomic mass is 9.96. The second-order valence-electron chi connectivity index (χ2n) is 6.31. The number of nitrogen functional groups attached to an aromatic ring is 1. The molecule has 0 radical (unpaired) electrons. The standard InChI is InChI=1S/C18H26ClN3O4/c1-3-26-17(23)11-22-6-4-12(5-7-22)10-21-18(24)13-8-14(19)15(20)9-16(13)25-2/h8-9,12H,3-7,10-11,20H2,1-2H3,(H,21,24). The van der Waals surface area contributed by atoms with E-state index in [4.69, 9.17) is 26.8 Å². The average Bonchev–Trinajstić information content (AvgIpc) is 2.63. The van der Waals surface area contributed by atoms with E-state index < -0.39 is 0 Å². The summed E-state index contributed by atoms with van der Waals surface area (Å²) in [6, 6.07) is 3.07. The number of carbonyl (C=O) groups excluding carboxylic acids is 2. The van der Waals surface area contributed by atoms with Crippen LogP contribution in [0, 0.1) is 5.92 Å². The molecule has 1 aromatic carbocycles. The Morgan fingerprint density at radius 3 is 2.65 bits per heavy atom. The van der Waals surface area contributed by atoms with Gasteiger partial charge in [-0.1, -0.05) is 11.6 Å². The van der Waals surface area contributed by atoms with Gasteiger partial charge in [0, 0.05) is 12.6 Å². The predicted molar refractivity (Wildman–Crippen MR) is 101 cm³/mol. The molecule has 1 aliphatic heterocycles. The van der Waals surface area contributed by atoms with Crippen molar-refractivity contribution in [2.45, 2.75) is 19.8 Å². The van der Waals surface area contributed by atoms with Crippen LogP contribution in [0.1, 0.15) is 30.1 Å². The summed E-state index contributed by atoms with van der Waals surface area (Å²) in [6.45, 7) is 4.73. The van der Waals surface area contributed by atoms with Gasteiger partial charge >= 0.3 is 5.97 Å². The van der Waals surface area contributed by atoms with Gasteiger partial charge in [0.25, 0.3) is 5.91 Å². The van der Waals surface area contributed by atoms with Gasteiger partial charge < -0.3 is 20.5 Å². The first-order valence-electron chi connectivity index (χ1n) is 8.73. The van der Waals surface area contributed by atoms with Gasteiger partial charge in [0.1, 0.15) is 5.75 Å². The average molecular weight is 384 g/mol. The lowest BCUT2D eigenvalue weighted by Gasteiger charge is -2.31. The number of esters is 1. The van der Waals surface area contributed by atoms with Gasteiger partial charge in [-0.15, -0.1) is 0 Å². The second kappa shape index (κ2) is 9.64. The molecular weight excluding hydrogens is 358 g/mol. The monoisotopic (exact) mass is 383 g/mol. The van der Waals surface area contributed by atoms with E-state index in [-0.39, 0.29) is 11.9 Å². The molecule has 1 heterocycles. The maximum atomic E-state index is 12.5. The quantitative estimate of drug-likeness (QED) is 0.552. The zero-order chi connectivity index (χ0) is 19.1. The van der Waals surface area contributed by atoms with Crippen molar-refractivity contribution in [2.24, 2.45) is 5.92 Å². The lowest BCUT2D eigenvalue weighted by Crippen LogP contribution is -2.41. The van der Waals surface area contributed by atoms with E-state index in [9.17, 15) is 9.59 Å². The number of benzene rings is 1. The molecule has 0 saturated carbocycles. The molecule has 0 aliphatic carbocycles. The molecule has 7 nitrogen and oxygen atoms in total. The van der Waals surface area contributed by atoms with E-state index in [2.05, 4.69) is 10.2 Å². The van der Waals surface area contributed by atoms with Crippen molar-refractivity contribution in [1.82, 2.24) is 10.2 Å². The second-order valence-corrected chi connectivity index (χ2v) is 6.72. The molecule has 1 saturated heterocycles.